The summed E-state index contributed by atoms with van der Waals surface area (Å²) in [5, 5.41) is 1.84. The molecule has 1 aromatic rings. The Morgan fingerprint density at radius 3 is 2.95 bits per heavy atom. The lowest BCUT2D eigenvalue weighted by Crippen LogP contribution is -2.50. The van der Waals surface area contributed by atoms with E-state index in [1.54, 1.807) is 13.2 Å². The van der Waals surface area contributed by atoms with E-state index >= 15 is 0 Å². The van der Waals surface area contributed by atoms with E-state index in [0.717, 1.165) is 25.1 Å². The molecule has 0 N–H and O–H groups in total. The first kappa shape index (κ1) is 12.9. The van der Waals surface area contributed by atoms with E-state index in [1.807, 2.05) is 10.3 Å². The molecular weight excluding hydrogens is 266 g/mol. The molecule has 0 atom stereocenters. The van der Waals surface area contributed by atoms with Gasteiger partial charge in [0.25, 0.3) is 5.91 Å². The molecule has 104 valence electrons. The minimum Gasteiger partial charge on any atom is -0.496 e. The highest BCUT2D eigenvalue weighted by atomic mass is 32.1. The third-order valence-electron chi connectivity index (χ3n) is 3.54. The number of ether oxygens (including phenoxy) is 3. The molecule has 19 heavy (non-hydrogen) atoms. The molecule has 3 rings (SSSR count). The smallest absolute Gasteiger partial charge is 0.264 e. The van der Waals surface area contributed by atoms with Gasteiger partial charge in [-0.25, -0.2) is 0 Å². The van der Waals surface area contributed by atoms with Gasteiger partial charge < -0.3 is 19.1 Å². The molecule has 2 aliphatic rings. The normalized spacial score (nSPS) is 21.8. The Morgan fingerprint density at radius 1 is 1.47 bits per heavy atom. The van der Waals surface area contributed by atoms with Crippen molar-refractivity contribution < 1.29 is 19.0 Å². The monoisotopic (exact) mass is 283 g/mol. The van der Waals surface area contributed by atoms with Crippen molar-refractivity contribution in [3.05, 3.63) is 16.3 Å². The van der Waals surface area contributed by atoms with Crippen LogP contribution in [0, 0.1) is 0 Å². The van der Waals surface area contributed by atoms with Crippen LogP contribution in [0.3, 0.4) is 0 Å². The van der Waals surface area contributed by atoms with Gasteiger partial charge in [0.2, 0.25) is 0 Å². The van der Waals surface area contributed by atoms with Crippen LogP contribution in [0.4, 0.5) is 0 Å². The molecule has 0 aromatic carbocycles. The zero-order chi connectivity index (χ0) is 13.3. The maximum absolute atomic E-state index is 12.4. The second kappa shape index (κ2) is 5.11. The molecule has 2 fully saturated rings. The summed E-state index contributed by atoms with van der Waals surface area (Å²) in [7, 11) is 1.60. The summed E-state index contributed by atoms with van der Waals surface area (Å²) in [6.07, 6.45) is 1.78. The fourth-order valence-electron chi connectivity index (χ4n) is 2.59. The van der Waals surface area contributed by atoms with Crippen LogP contribution < -0.4 is 4.74 Å². The second-order valence-corrected chi connectivity index (χ2v) is 5.70. The summed E-state index contributed by atoms with van der Waals surface area (Å²) in [6, 6.07) is 1.78. The summed E-state index contributed by atoms with van der Waals surface area (Å²) in [4.78, 5) is 15.0. The van der Waals surface area contributed by atoms with Gasteiger partial charge >= 0.3 is 0 Å². The van der Waals surface area contributed by atoms with Gasteiger partial charge in [-0.1, -0.05) is 0 Å². The van der Waals surface area contributed by atoms with Crippen molar-refractivity contribution in [2.24, 2.45) is 0 Å². The largest absolute Gasteiger partial charge is 0.496 e. The van der Waals surface area contributed by atoms with E-state index in [2.05, 4.69) is 0 Å². The quantitative estimate of drug-likeness (QED) is 0.829. The van der Waals surface area contributed by atoms with Crippen LogP contribution in [-0.4, -0.2) is 50.0 Å². The van der Waals surface area contributed by atoms with Crippen molar-refractivity contribution in [2.75, 3.05) is 33.4 Å². The van der Waals surface area contributed by atoms with Gasteiger partial charge in [-0.15, -0.1) is 11.3 Å². The highest BCUT2D eigenvalue weighted by Crippen LogP contribution is 2.31. The third-order valence-corrected chi connectivity index (χ3v) is 4.44. The van der Waals surface area contributed by atoms with Gasteiger partial charge in [0.05, 0.1) is 31.7 Å². The number of methoxy groups -OCH3 is 1. The third kappa shape index (κ3) is 2.48. The minimum absolute atomic E-state index is 0.0338. The number of piperidine rings is 1. The molecule has 1 aromatic heterocycles. The predicted molar refractivity (Wildman–Crippen MR) is 70.6 cm³/mol. The lowest BCUT2D eigenvalue weighted by molar-refractivity contribution is -0.183. The van der Waals surface area contributed by atoms with Gasteiger partial charge in [0.15, 0.2) is 5.79 Å². The molecule has 0 saturated carbocycles. The summed E-state index contributed by atoms with van der Waals surface area (Å²) in [5.74, 6) is 0.204. The number of rotatable bonds is 2. The predicted octanol–water partition coefficient (Wildman–Crippen LogP) is 1.74. The Bertz CT molecular complexity index is 467. The summed E-state index contributed by atoms with van der Waals surface area (Å²) < 4.78 is 16.5. The maximum Gasteiger partial charge on any atom is 0.264 e. The van der Waals surface area contributed by atoms with Crippen molar-refractivity contribution in [1.29, 1.82) is 0 Å². The number of nitrogens with zero attached hydrogens (tertiary/aromatic N) is 1. The highest BCUT2D eigenvalue weighted by Gasteiger charge is 2.42. The first-order valence-electron chi connectivity index (χ1n) is 6.42. The van der Waals surface area contributed by atoms with Crippen molar-refractivity contribution in [3.63, 3.8) is 0 Å². The molecule has 0 radical (unpaired) electrons. The molecule has 2 aliphatic heterocycles. The molecule has 1 spiro atoms. The molecule has 2 saturated heterocycles. The van der Waals surface area contributed by atoms with E-state index < -0.39 is 5.79 Å². The fourth-order valence-corrected chi connectivity index (χ4v) is 3.41. The first-order valence-corrected chi connectivity index (χ1v) is 7.30. The zero-order valence-electron chi connectivity index (χ0n) is 10.9. The number of carbonyl (C=O) groups is 1. The average Bonchev–Trinajstić information content (AvgIpc) is 3.07. The molecule has 1 amide bonds. The van der Waals surface area contributed by atoms with E-state index in [0.29, 0.717) is 24.6 Å². The Hall–Kier alpha value is -1.11. The maximum atomic E-state index is 12.4. The molecular formula is C13H17NO4S. The van der Waals surface area contributed by atoms with Crippen LogP contribution in [0.2, 0.25) is 0 Å². The Morgan fingerprint density at radius 2 is 2.26 bits per heavy atom. The summed E-state index contributed by atoms with van der Waals surface area (Å²) >= 11 is 1.41. The Kier molecular flexibility index (Phi) is 3.47. The number of likely N-dealkylation sites (tertiary alicyclic amines) is 1. The zero-order valence-corrected chi connectivity index (χ0v) is 11.7. The van der Waals surface area contributed by atoms with E-state index in [4.69, 9.17) is 14.2 Å². The van der Waals surface area contributed by atoms with Gasteiger partial charge in [-0.2, -0.15) is 0 Å². The number of thiophene rings is 1. The lowest BCUT2D eigenvalue weighted by atomic mass is 10.0. The van der Waals surface area contributed by atoms with Crippen molar-refractivity contribution in [2.45, 2.75) is 18.6 Å². The topological polar surface area (TPSA) is 48.0 Å². The minimum atomic E-state index is -0.560. The summed E-state index contributed by atoms with van der Waals surface area (Å²) in [6.45, 7) is 2.52. The van der Waals surface area contributed by atoms with E-state index in [1.165, 1.54) is 11.3 Å². The Balaban J connectivity index is 1.72. The van der Waals surface area contributed by atoms with Crippen LogP contribution in [-0.2, 0) is 9.47 Å². The van der Waals surface area contributed by atoms with Gasteiger partial charge in [0, 0.05) is 24.4 Å². The summed E-state index contributed by atoms with van der Waals surface area (Å²) in [5.41, 5.74) is 0. The molecule has 6 heteroatoms. The molecule has 3 heterocycles. The SMILES string of the molecule is COc1csc(C(=O)N2CCCC3(C2)OCCO3)c1. The van der Waals surface area contributed by atoms with Gasteiger partial charge in [-0.3, -0.25) is 4.79 Å². The number of amides is 1. The molecule has 5 nitrogen and oxygen atoms in total. The van der Waals surface area contributed by atoms with Gasteiger partial charge in [0.1, 0.15) is 5.75 Å². The van der Waals surface area contributed by atoms with Crippen molar-refractivity contribution in [3.8, 4) is 5.75 Å². The van der Waals surface area contributed by atoms with Crippen LogP contribution in [0.15, 0.2) is 11.4 Å². The number of hydrogen-bond donors (Lipinski definition) is 0. The number of hydrogen-bond acceptors (Lipinski definition) is 5. The second-order valence-electron chi connectivity index (χ2n) is 4.79. The van der Waals surface area contributed by atoms with Crippen LogP contribution in [0.5, 0.6) is 5.75 Å². The number of carbonyl (C=O) groups excluding carboxylic acids is 1. The molecule has 0 unspecified atom stereocenters. The highest BCUT2D eigenvalue weighted by molar-refractivity contribution is 7.12. The lowest BCUT2D eigenvalue weighted by Gasteiger charge is -2.38. The average molecular weight is 283 g/mol. The van der Waals surface area contributed by atoms with Crippen molar-refractivity contribution in [1.82, 2.24) is 4.90 Å². The van der Waals surface area contributed by atoms with Crippen LogP contribution in [0.1, 0.15) is 22.5 Å². The standard InChI is InChI=1S/C13H17NO4S/c1-16-10-7-11(19-8-10)12(15)14-4-2-3-13(9-14)17-5-6-18-13/h7-8H,2-6,9H2,1H3. The van der Waals surface area contributed by atoms with E-state index in [9.17, 15) is 4.79 Å². The van der Waals surface area contributed by atoms with Crippen molar-refractivity contribution >= 4 is 17.2 Å². The Labute approximate surface area is 116 Å². The first-order chi connectivity index (χ1) is 9.22. The molecule has 0 aliphatic carbocycles. The van der Waals surface area contributed by atoms with Gasteiger partial charge in [-0.05, 0) is 6.42 Å². The molecule has 0 bridgehead atoms. The van der Waals surface area contributed by atoms with Crippen LogP contribution >= 0.6 is 11.3 Å². The van der Waals surface area contributed by atoms with E-state index in [-0.39, 0.29) is 5.91 Å². The fraction of sp³-hybridized carbons (Fsp3) is 0.615. The van der Waals surface area contributed by atoms with Crippen LogP contribution in [0.25, 0.3) is 0 Å².